The van der Waals surface area contributed by atoms with Crippen LogP contribution in [-0.4, -0.2) is 37.3 Å². The minimum absolute atomic E-state index is 0.0608. The molecule has 0 saturated carbocycles. The van der Waals surface area contributed by atoms with Crippen molar-refractivity contribution in [2.75, 3.05) is 6.61 Å². The summed E-state index contributed by atoms with van der Waals surface area (Å²) >= 11 is 6.38. The molecule has 0 spiro atoms. The van der Waals surface area contributed by atoms with E-state index in [1.807, 2.05) is 13.0 Å². The maximum absolute atomic E-state index is 12.3. The van der Waals surface area contributed by atoms with Crippen molar-refractivity contribution in [3.63, 3.8) is 0 Å². The van der Waals surface area contributed by atoms with Gasteiger partial charge in [-0.15, -0.1) is 10.2 Å². The van der Waals surface area contributed by atoms with Gasteiger partial charge in [0.1, 0.15) is 11.3 Å². The topological polar surface area (TPSA) is 65.2 Å². The van der Waals surface area contributed by atoms with E-state index in [1.165, 1.54) is 0 Å². The van der Waals surface area contributed by atoms with Crippen molar-refractivity contribution >= 4 is 28.4 Å². The molecule has 0 N–H and O–H groups in total. The number of hydrogen-bond donors (Lipinski definition) is 0. The largest absolute Gasteiger partial charge is 0.494 e. The molecular formula is C19H15ClF3N5O. The zero-order valence-corrected chi connectivity index (χ0v) is 16.0. The predicted octanol–water partition coefficient (Wildman–Crippen LogP) is 5.02. The smallest absolute Gasteiger partial charge is 0.389 e. The molecule has 0 aliphatic carbocycles. The normalized spacial score (nSPS) is 12.0. The number of alkyl halides is 3. The number of benzene rings is 1. The van der Waals surface area contributed by atoms with Gasteiger partial charge < -0.3 is 4.74 Å². The number of nitrogens with zero attached hydrogens (tertiary/aromatic N) is 5. The van der Waals surface area contributed by atoms with Gasteiger partial charge >= 0.3 is 6.18 Å². The second kappa shape index (κ2) is 7.47. The fourth-order valence-corrected chi connectivity index (χ4v) is 3.20. The lowest BCUT2D eigenvalue weighted by atomic mass is 10.2. The van der Waals surface area contributed by atoms with Crippen molar-refractivity contribution in [2.24, 2.45) is 0 Å². The van der Waals surface area contributed by atoms with Crippen LogP contribution < -0.4 is 4.74 Å². The average molecular weight is 422 g/mol. The van der Waals surface area contributed by atoms with Crippen molar-refractivity contribution < 1.29 is 17.9 Å². The zero-order valence-electron chi connectivity index (χ0n) is 15.2. The van der Waals surface area contributed by atoms with E-state index in [0.29, 0.717) is 44.7 Å². The lowest BCUT2D eigenvalue weighted by molar-refractivity contribution is -0.136. The molecule has 4 aromatic rings. The van der Waals surface area contributed by atoms with Gasteiger partial charge in [-0.1, -0.05) is 11.6 Å². The summed E-state index contributed by atoms with van der Waals surface area (Å²) in [4.78, 5) is 8.87. The number of rotatable bonds is 5. The van der Waals surface area contributed by atoms with E-state index in [2.05, 4.69) is 20.2 Å². The molecule has 29 heavy (non-hydrogen) atoms. The van der Waals surface area contributed by atoms with Crippen LogP contribution in [0.15, 0.2) is 36.5 Å². The van der Waals surface area contributed by atoms with Crippen LogP contribution in [0.1, 0.15) is 18.5 Å². The standard InChI is InChI=1S/C19H15ClF3N5O/c1-11-16-26-27-17(28(16)18-15(25-11)4-2-8-24-18)13-10-12(5-6-14(13)20)29-9-3-7-19(21,22)23/h2,4-6,8,10H,3,7,9H2,1H3. The summed E-state index contributed by atoms with van der Waals surface area (Å²) in [6.07, 6.45) is -3.58. The molecule has 0 unspecified atom stereocenters. The molecular weight excluding hydrogens is 407 g/mol. The Balaban J connectivity index is 1.72. The molecule has 4 rings (SSSR count). The Labute approximate surface area is 168 Å². The first-order chi connectivity index (χ1) is 13.8. The Morgan fingerprint density at radius 2 is 1.97 bits per heavy atom. The van der Waals surface area contributed by atoms with E-state index in [1.54, 1.807) is 34.9 Å². The van der Waals surface area contributed by atoms with Gasteiger partial charge in [-0.05, 0) is 43.7 Å². The van der Waals surface area contributed by atoms with Gasteiger partial charge in [-0.3, -0.25) is 4.40 Å². The van der Waals surface area contributed by atoms with Gasteiger partial charge in [-0.2, -0.15) is 13.2 Å². The molecule has 3 aromatic heterocycles. The number of ether oxygens (including phenoxy) is 1. The lowest BCUT2D eigenvalue weighted by Gasteiger charge is -2.11. The van der Waals surface area contributed by atoms with Crippen LogP contribution in [0.3, 0.4) is 0 Å². The SMILES string of the molecule is Cc1nc2cccnc2n2c(-c3cc(OCCCC(F)(F)F)ccc3Cl)nnc12. The minimum Gasteiger partial charge on any atom is -0.494 e. The van der Waals surface area contributed by atoms with E-state index < -0.39 is 12.6 Å². The summed E-state index contributed by atoms with van der Waals surface area (Å²) in [5, 5.41) is 8.86. The Bertz CT molecular complexity index is 1190. The number of pyridine rings is 1. The van der Waals surface area contributed by atoms with E-state index in [0.717, 1.165) is 0 Å². The highest BCUT2D eigenvalue weighted by atomic mass is 35.5. The number of aromatic nitrogens is 5. The highest BCUT2D eigenvalue weighted by Crippen LogP contribution is 2.32. The van der Waals surface area contributed by atoms with Crippen molar-refractivity contribution in [1.82, 2.24) is 24.6 Å². The van der Waals surface area contributed by atoms with E-state index >= 15 is 0 Å². The highest BCUT2D eigenvalue weighted by Gasteiger charge is 2.26. The summed E-state index contributed by atoms with van der Waals surface area (Å²) in [6, 6.07) is 8.47. The Kier molecular flexibility index (Phi) is 4.99. The third kappa shape index (κ3) is 3.95. The van der Waals surface area contributed by atoms with Crippen LogP contribution in [-0.2, 0) is 0 Å². The molecule has 0 fully saturated rings. The lowest BCUT2D eigenvalue weighted by Crippen LogP contribution is -2.09. The maximum Gasteiger partial charge on any atom is 0.389 e. The fraction of sp³-hybridized carbons (Fsp3) is 0.263. The number of halogens is 4. The molecule has 0 aliphatic rings. The monoisotopic (exact) mass is 421 g/mol. The molecule has 0 amide bonds. The first-order valence-electron chi connectivity index (χ1n) is 8.79. The van der Waals surface area contributed by atoms with Gasteiger partial charge in [0.15, 0.2) is 17.1 Å². The van der Waals surface area contributed by atoms with Gasteiger partial charge in [0, 0.05) is 18.2 Å². The zero-order chi connectivity index (χ0) is 20.6. The van der Waals surface area contributed by atoms with Gasteiger partial charge in [0.2, 0.25) is 0 Å². The highest BCUT2D eigenvalue weighted by molar-refractivity contribution is 6.33. The van der Waals surface area contributed by atoms with Crippen LogP contribution in [0.25, 0.3) is 28.2 Å². The maximum atomic E-state index is 12.3. The Morgan fingerprint density at radius 3 is 2.76 bits per heavy atom. The molecule has 3 heterocycles. The molecule has 150 valence electrons. The van der Waals surface area contributed by atoms with Gasteiger partial charge in [-0.25, -0.2) is 9.97 Å². The average Bonchev–Trinajstić information content (AvgIpc) is 3.12. The number of hydrogen-bond acceptors (Lipinski definition) is 5. The van der Waals surface area contributed by atoms with Crippen molar-refractivity contribution in [1.29, 1.82) is 0 Å². The molecule has 10 heteroatoms. The summed E-state index contributed by atoms with van der Waals surface area (Å²) in [6.45, 7) is 1.76. The van der Waals surface area contributed by atoms with E-state index in [4.69, 9.17) is 16.3 Å². The minimum atomic E-state index is -4.20. The molecule has 0 saturated heterocycles. The van der Waals surface area contributed by atoms with Gasteiger partial charge in [0.25, 0.3) is 0 Å². The summed E-state index contributed by atoms with van der Waals surface area (Å²) in [7, 11) is 0. The van der Waals surface area contributed by atoms with E-state index in [9.17, 15) is 13.2 Å². The third-order valence-corrected chi connectivity index (χ3v) is 4.63. The number of aryl methyl sites for hydroxylation is 1. The molecule has 0 atom stereocenters. The van der Waals surface area contributed by atoms with Crippen molar-refractivity contribution in [3.8, 4) is 17.1 Å². The third-order valence-electron chi connectivity index (χ3n) is 4.30. The van der Waals surface area contributed by atoms with Crippen LogP contribution in [0.5, 0.6) is 5.75 Å². The molecule has 0 bridgehead atoms. The van der Waals surface area contributed by atoms with Crippen LogP contribution in [0, 0.1) is 6.92 Å². The summed E-state index contributed by atoms with van der Waals surface area (Å²) < 4.78 is 44.1. The summed E-state index contributed by atoms with van der Waals surface area (Å²) in [5.41, 5.74) is 3.00. The Morgan fingerprint density at radius 1 is 1.14 bits per heavy atom. The van der Waals surface area contributed by atoms with Crippen LogP contribution in [0.4, 0.5) is 13.2 Å². The summed E-state index contributed by atoms with van der Waals surface area (Å²) in [5.74, 6) is 0.839. The number of fused-ring (bicyclic) bond motifs is 3. The van der Waals surface area contributed by atoms with Crippen LogP contribution in [0.2, 0.25) is 5.02 Å². The van der Waals surface area contributed by atoms with E-state index in [-0.39, 0.29) is 13.0 Å². The quantitative estimate of drug-likeness (QED) is 0.423. The first kappa shape index (κ1) is 19.4. The second-order valence-electron chi connectivity index (χ2n) is 6.43. The van der Waals surface area contributed by atoms with Crippen molar-refractivity contribution in [2.45, 2.75) is 25.9 Å². The fourth-order valence-electron chi connectivity index (χ4n) is 3.00. The molecule has 0 aliphatic heterocycles. The van der Waals surface area contributed by atoms with Crippen molar-refractivity contribution in [3.05, 3.63) is 47.2 Å². The first-order valence-corrected chi connectivity index (χ1v) is 9.17. The van der Waals surface area contributed by atoms with Gasteiger partial charge in [0.05, 0.1) is 17.3 Å². The molecule has 0 radical (unpaired) electrons. The van der Waals surface area contributed by atoms with Crippen LogP contribution >= 0.6 is 11.6 Å². The molecule has 6 nitrogen and oxygen atoms in total. The Hall–Kier alpha value is -2.94. The second-order valence-corrected chi connectivity index (χ2v) is 6.84. The predicted molar refractivity (Wildman–Crippen MR) is 102 cm³/mol. The molecule has 1 aromatic carbocycles.